The molecule has 0 bridgehead atoms. The Kier molecular flexibility index (Phi) is 3.23. The lowest BCUT2D eigenvalue weighted by Crippen LogP contribution is -1.95. The van der Waals surface area contributed by atoms with E-state index in [2.05, 4.69) is 15.4 Å². The molecule has 2 N–H and O–H groups in total. The fraction of sp³-hybridized carbons (Fsp3) is 0.222. The third kappa shape index (κ3) is 2.70. The molecule has 0 aliphatic heterocycles. The van der Waals surface area contributed by atoms with Gasteiger partial charge in [0.25, 0.3) is 0 Å². The molecule has 2 rings (SSSR count). The van der Waals surface area contributed by atoms with E-state index in [4.69, 9.17) is 5.73 Å². The summed E-state index contributed by atoms with van der Waals surface area (Å²) >= 11 is 0.965. The molecule has 0 aliphatic rings. The van der Waals surface area contributed by atoms with E-state index in [0.717, 1.165) is 23.9 Å². The first kappa shape index (κ1) is 11.8. The predicted octanol–water partition coefficient (Wildman–Crippen LogP) is 1.36. The molecule has 1 heterocycles. The van der Waals surface area contributed by atoms with Gasteiger partial charge >= 0.3 is 0 Å². The summed E-state index contributed by atoms with van der Waals surface area (Å²) in [5.41, 5.74) is 5.37. The van der Waals surface area contributed by atoms with Crippen molar-refractivity contribution < 1.29 is 8.78 Å². The Bertz CT molecular complexity index is 519. The summed E-state index contributed by atoms with van der Waals surface area (Å²) in [4.78, 5) is 1.19. The number of hydrogen-bond acceptors (Lipinski definition) is 5. The minimum absolute atomic E-state index is 0.0574. The Morgan fingerprint density at radius 1 is 1.35 bits per heavy atom. The van der Waals surface area contributed by atoms with Gasteiger partial charge in [0, 0.05) is 5.69 Å². The van der Waals surface area contributed by atoms with E-state index >= 15 is 0 Å². The average Bonchev–Trinajstić information content (AvgIpc) is 2.62. The van der Waals surface area contributed by atoms with Crippen molar-refractivity contribution in [1.29, 1.82) is 0 Å². The predicted molar refractivity (Wildman–Crippen MR) is 59.1 cm³/mol. The summed E-state index contributed by atoms with van der Waals surface area (Å²) in [5.74, 6) is -0.716. The van der Waals surface area contributed by atoms with Crippen molar-refractivity contribution in [3.63, 3.8) is 0 Å². The zero-order chi connectivity index (χ0) is 12.4. The van der Waals surface area contributed by atoms with E-state index < -0.39 is 11.6 Å². The number of rotatable bonds is 3. The highest BCUT2D eigenvalue weighted by atomic mass is 32.2. The largest absolute Gasteiger partial charge is 0.399 e. The summed E-state index contributed by atoms with van der Waals surface area (Å²) in [5, 5.41) is 11.2. The van der Waals surface area contributed by atoms with Gasteiger partial charge in [-0.15, -0.1) is 22.0 Å². The molecule has 8 heteroatoms. The Morgan fingerprint density at radius 3 is 2.53 bits per heavy atom. The number of tetrazole rings is 1. The molecular formula is C9H9F2N5S. The summed E-state index contributed by atoms with van der Waals surface area (Å²) in [6.07, 6.45) is 0. The number of thioether (sulfide) groups is 1. The van der Waals surface area contributed by atoms with Gasteiger partial charge in [0.15, 0.2) is 5.82 Å². The molecule has 0 fully saturated rings. The molecule has 0 aliphatic carbocycles. The molecular weight excluding hydrogens is 248 g/mol. The molecule has 5 nitrogen and oxygen atoms in total. The van der Waals surface area contributed by atoms with Crippen LogP contribution in [0, 0.1) is 11.6 Å². The Hall–Kier alpha value is -1.70. The molecule has 1 aromatic carbocycles. The van der Waals surface area contributed by atoms with E-state index in [1.165, 1.54) is 4.80 Å². The van der Waals surface area contributed by atoms with Crippen LogP contribution in [-0.2, 0) is 12.8 Å². The van der Waals surface area contributed by atoms with E-state index in [0.29, 0.717) is 5.82 Å². The molecule has 1 aromatic heterocycles. The zero-order valence-corrected chi connectivity index (χ0v) is 9.71. The lowest BCUT2D eigenvalue weighted by molar-refractivity contribution is 0.542. The average molecular weight is 257 g/mol. The van der Waals surface area contributed by atoms with Crippen LogP contribution in [0.15, 0.2) is 17.0 Å². The first-order valence-electron chi connectivity index (χ1n) is 4.66. The number of nitrogen functional groups attached to an aromatic ring is 1. The highest BCUT2D eigenvalue weighted by molar-refractivity contribution is 7.98. The van der Waals surface area contributed by atoms with Crippen molar-refractivity contribution in [2.24, 2.45) is 7.05 Å². The highest BCUT2D eigenvalue weighted by Crippen LogP contribution is 2.28. The van der Waals surface area contributed by atoms with Crippen LogP contribution in [-0.4, -0.2) is 20.2 Å². The van der Waals surface area contributed by atoms with Crippen LogP contribution in [0.3, 0.4) is 0 Å². The standard InChI is InChI=1S/C9H9F2N5S/c1-16-14-8(13-15-16)4-17-9-6(10)2-5(12)3-7(9)11/h2-3H,4,12H2,1H3. The maximum atomic E-state index is 13.4. The monoisotopic (exact) mass is 257 g/mol. The Balaban J connectivity index is 2.14. The van der Waals surface area contributed by atoms with Gasteiger partial charge in [-0.1, -0.05) is 0 Å². The van der Waals surface area contributed by atoms with E-state index in [-0.39, 0.29) is 16.3 Å². The van der Waals surface area contributed by atoms with E-state index in [1.54, 1.807) is 7.05 Å². The van der Waals surface area contributed by atoms with Crippen molar-refractivity contribution in [3.8, 4) is 0 Å². The van der Waals surface area contributed by atoms with E-state index in [1.807, 2.05) is 0 Å². The summed E-state index contributed by atoms with van der Waals surface area (Å²) in [6, 6.07) is 2.16. The quantitative estimate of drug-likeness (QED) is 0.664. The maximum Gasteiger partial charge on any atom is 0.185 e. The number of halogens is 2. The summed E-state index contributed by atoms with van der Waals surface area (Å²) in [6.45, 7) is 0. The first-order chi connectivity index (χ1) is 8.06. The number of aromatic nitrogens is 4. The summed E-state index contributed by atoms with van der Waals surface area (Å²) < 4.78 is 26.8. The number of nitrogens with zero attached hydrogens (tertiary/aromatic N) is 4. The molecule has 0 radical (unpaired) electrons. The minimum Gasteiger partial charge on any atom is -0.399 e. The Morgan fingerprint density at radius 2 is 2.00 bits per heavy atom. The van der Waals surface area contributed by atoms with Crippen LogP contribution in [0.2, 0.25) is 0 Å². The third-order valence-corrected chi connectivity index (χ3v) is 3.00. The molecule has 90 valence electrons. The molecule has 0 saturated carbocycles. The van der Waals surface area contributed by atoms with Gasteiger partial charge in [0.1, 0.15) is 11.6 Å². The lowest BCUT2D eigenvalue weighted by atomic mass is 10.3. The van der Waals surface area contributed by atoms with Crippen molar-refractivity contribution in [2.45, 2.75) is 10.6 Å². The van der Waals surface area contributed by atoms with Crippen molar-refractivity contribution in [2.75, 3.05) is 5.73 Å². The van der Waals surface area contributed by atoms with Gasteiger partial charge in [-0.2, -0.15) is 4.80 Å². The van der Waals surface area contributed by atoms with Gasteiger partial charge in [-0.3, -0.25) is 0 Å². The maximum absolute atomic E-state index is 13.4. The molecule has 2 aromatic rings. The van der Waals surface area contributed by atoms with Crippen LogP contribution >= 0.6 is 11.8 Å². The Labute approximate surface area is 100.0 Å². The molecule has 0 amide bonds. The van der Waals surface area contributed by atoms with Crippen molar-refractivity contribution in [3.05, 3.63) is 29.6 Å². The van der Waals surface area contributed by atoms with Gasteiger partial charge in [0.05, 0.1) is 17.7 Å². The second kappa shape index (κ2) is 4.66. The molecule has 0 atom stereocenters. The van der Waals surface area contributed by atoms with Crippen molar-refractivity contribution in [1.82, 2.24) is 20.2 Å². The van der Waals surface area contributed by atoms with Gasteiger partial charge in [-0.25, -0.2) is 8.78 Å². The fourth-order valence-electron chi connectivity index (χ4n) is 1.24. The van der Waals surface area contributed by atoms with Crippen LogP contribution in [0.25, 0.3) is 0 Å². The first-order valence-corrected chi connectivity index (χ1v) is 5.65. The van der Waals surface area contributed by atoms with Gasteiger partial charge in [-0.05, 0) is 17.3 Å². The molecule has 17 heavy (non-hydrogen) atoms. The highest BCUT2D eigenvalue weighted by Gasteiger charge is 2.12. The third-order valence-electron chi connectivity index (χ3n) is 1.92. The minimum atomic E-state index is -0.684. The van der Waals surface area contributed by atoms with Crippen LogP contribution in [0.4, 0.5) is 14.5 Å². The van der Waals surface area contributed by atoms with Crippen LogP contribution in [0.1, 0.15) is 5.82 Å². The van der Waals surface area contributed by atoms with Gasteiger partial charge in [0.2, 0.25) is 0 Å². The normalized spacial score (nSPS) is 10.8. The number of benzene rings is 1. The molecule has 0 saturated heterocycles. The van der Waals surface area contributed by atoms with Crippen LogP contribution in [0.5, 0.6) is 0 Å². The fourth-order valence-corrected chi connectivity index (χ4v) is 2.02. The molecule has 0 spiro atoms. The smallest absolute Gasteiger partial charge is 0.185 e. The number of aryl methyl sites for hydroxylation is 1. The number of nitrogens with two attached hydrogens (primary N) is 1. The topological polar surface area (TPSA) is 69.6 Å². The van der Waals surface area contributed by atoms with Gasteiger partial charge < -0.3 is 5.73 Å². The van der Waals surface area contributed by atoms with E-state index in [9.17, 15) is 8.78 Å². The molecule has 0 unspecified atom stereocenters. The zero-order valence-electron chi connectivity index (χ0n) is 8.89. The number of hydrogen-bond donors (Lipinski definition) is 1. The lowest BCUT2D eigenvalue weighted by Gasteiger charge is -2.04. The SMILES string of the molecule is Cn1nnc(CSc2c(F)cc(N)cc2F)n1. The number of anilines is 1. The summed E-state index contributed by atoms with van der Waals surface area (Å²) in [7, 11) is 1.62. The van der Waals surface area contributed by atoms with Crippen molar-refractivity contribution >= 4 is 17.4 Å². The second-order valence-electron chi connectivity index (χ2n) is 3.30. The van der Waals surface area contributed by atoms with Crippen LogP contribution < -0.4 is 5.73 Å². The second-order valence-corrected chi connectivity index (χ2v) is 4.28.